The van der Waals surface area contributed by atoms with Crippen molar-refractivity contribution in [3.63, 3.8) is 0 Å². The van der Waals surface area contributed by atoms with E-state index in [9.17, 15) is 13.2 Å². The van der Waals surface area contributed by atoms with Gasteiger partial charge in [-0.1, -0.05) is 12.1 Å². The highest BCUT2D eigenvalue weighted by Crippen LogP contribution is 2.28. The molecule has 5 heteroatoms. The molecule has 0 aliphatic heterocycles. The Balaban J connectivity index is 2.94. The van der Waals surface area contributed by atoms with Gasteiger partial charge in [-0.25, -0.2) is 13.2 Å². The molecule has 1 atom stereocenters. The summed E-state index contributed by atoms with van der Waals surface area (Å²) in [5.41, 5.74) is 0.531. The zero-order chi connectivity index (χ0) is 12.1. The molecule has 90 valence electrons. The number of hydrogen-bond acceptors (Lipinski definition) is 2. The predicted octanol–water partition coefficient (Wildman–Crippen LogP) is 2.75. The summed E-state index contributed by atoms with van der Waals surface area (Å²) in [4.78, 5) is 0. The van der Waals surface area contributed by atoms with E-state index in [1.165, 1.54) is 12.1 Å². The molecule has 1 rings (SSSR count). The smallest absolute Gasteiger partial charge is 0.272 e. The van der Waals surface area contributed by atoms with E-state index in [1.807, 2.05) is 0 Å². The molecule has 16 heavy (non-hydrogen) atoms. The third-order valence-electron chi connectivity index (χ3n) is 2.25. The Morgan fingerprint density at radius 3 is 2.62 bits per heavy atom. The van der Waals surface area contributed by atoms with Gasteiger partial charge < -0.3 is 10.1 Å². The second kappa shape index (κ2) is 5.75. The standard InChI is InChI=1S/C11H14F3NO/c1-7(15-2)8-4-3-5-9(12)11(8)16-6-10(13)14/h3-5,7,10,15H,6H2,1-2H3. The maximum Gasteiger partial charge on any atom is 0.272 e. The molecule has 0 saturated heterocycles. The molecule has 2 nitrogen and oxygen atoms in total. The highest BCUT2D eigenvalue weighted by atomic mass is 19.3. The predicted molar refractivity (Wildman–Crippen MR) is 55.4 cm³/mol. The SMILES string of the molecule is CNC(C)c1cccc(F)c1OCC(F)F. The minimum atomic E-state index is -2.61. The number of ether oxygens (including phenoxy) is 1. The number of benzene rings is 1. The quantitative estimate of drug-likeness (QED) is 0.844. The second-order valence-corrected chi connectivity index (χ2v) is 3.37. The summed E-state index contributed by atoms with van der Waals surface area (Å²) >= 11 is 0. The molecule has 0 amide bonds. The highest BCUT2D eigenvalue weighted by Gasteiger charge is 2.15. The fourth-order valence-electron chi connectivity index (χ4n) is 1.32. The van der Waals surface area contributed by atoms with Crippen molar-refractivity contribution >= 4 is 0 Å². The maximum absolute atomic E-state index is 13.4. The maximum atomic E-state index is 13.4. The van der Waals surface area contributed by atoms with Crippen LogP contribution in [-0.2, 0) is 0 Å². The fourth-order valence-corrected chi connectivity index (χ4v) is 1.32. The van der Waals surface area contributed by atoms with Gasteiger partial charge in [0.2, 0.25) is 0 Å². The summed E-state index contributed by atoms with van der Waals surface area (Å²) in [5, 5.41) is 2.90. The summed E-state index contributed by atoms with van der Waals surface area (Å²) in [6, 6.07) is 4.19. The largest absolute Gasteiger partial charge is 0.484 e. The van der Waals surface area contributed by atoms with Gasteiger partial charge in [0.25, 0.3) is 6.43 Å². The first-order chi connectivity index (χ1) is 7.56. The molecule has 0 saturated carbocycles. The van der Waals surface area contributed by atoms with Crippen molar-refractivity contribution in [3.05, 3.63) is 29.6 Å². The third-order valence-corrected chi connectivity index (χ3v) is 2.25. The van der Waals surface area contributed by atoms with Crippen LogP contribution in [0.1, 0.15) is 18.5 Å². The molecule has 0 bridgehead atoms. The van der Waals surface area contributed by atoms with Crippen molar-refractivity contribution in [3.8, 4) is 5.75 Å². The average Bonchev–Trinajstić information content (AvgIpc) is 2.25. The zero-order valence-electron chi connectivity index (χ0n) is 9.14. The average molecular weight is 233 g/mol. The summed E-state index contributed by atoms with van der Waals surface area (Å²) < 4.78 is 42.2. The van der Waals surface area contributed by atoms with Crippen molar-refractivity contribution in [2.45, 2.75) is 19.4 Å². The van der Waals surface area contributed by atoms with Crippen LogP contribution in [0.2, 0.25) is 0 Å². The van der Waals surface area contributed by atoms with Crippen LogP contribution in [0.25, 0.3) is 0 Å². The minimum absolute atomic E-state index is 0.107. The first-order valence-electron chi connectivity index (χ1n) is 4.93. The Morgan fingerprint density at radius 1 is 1.38 bits per heavy atom. The molecule has 0 aliphatic carbocycles. The highest BCUT2D eigenvalue weighted by molar-refractivity contribution is 5.37. The van der Waals surface area contributed by atoms with E-state index in [2.05, 4.69) is 5.32 Å². The lowest BCUT2D eigenvalue weighted by molar-refractivity contribution is 0.0791. The van der Waals surface area contributed by atoms with Gasteiger partial charge in [0, 0.05) is 11.6 Å². The normalized spacial score (nSPS) is 12.9. The number of hydrogen-bond donors (Lipinski definition) is 1. The molecule has 1 unspecified atom stereocenters. The van der Waals surface area contributed by atoms with E-state index < -0.39 is 18.8 Å². The molecule has 0 heterocycles. The first kappa shape index (κ1) is 12.8. The van der Waals surface area contributed by atoms with E-state index in [0.717, 1.165) is 0 Å². The van der Waals surface area contributed by atoms with Crippen LogP contribution in [0.4, 0.5) is 13.2 Å². The van der Waals surface area contributed by atoms with Crippen LogP contribution < -0.4 is 10.1 Å². The van der Waals surface area contributed by atoms with Crippen molar-refractivity contribution < 1.29 is 17.9 Å². The molecule has 1 aromatic rings. The lowest BCUT2D eigenvalue weighted by atomic mass is 10.1. The molecule has 0 fully saturated rings. The van der Waals surface area contributed by atoms with Crippen LogP contribution in [-0.4, -0.2) is 20.1 Å². The van der Waals surface area contributed by atoms with Crippen molar-refractivity contribution in [2.75, 3.05) is 13.7 Å². The van der Waals surface area contributed by atoms with E-state index in [0.29, 0.717) is 5.56 Å². The van der Waals surface area contributed by atoms with Crippen molar-refractivity contribution in [1.29, 1.82) is 0 Å². The summed E-state index contributed by atoms with van der Waals surface area (Å²) in [7, 11) is 1.70. The Labute approximate surface area is 92.4 Å². The van der Waals surface area contributed by atoms with Gasteiger partial charge in [0.05, 0.1) is 0 Å². The molecule has 1 aromatic carbocycles. The Kier molecular flexibility index (Phi) is 4.61. The number of halogens is 3. The molecule has 0 radical (unpaired) electrons. The van der Waals surface area contributed by atoms with Crippen LogP contribution in [0.3, 0.4) is 0 Å². The molecular weight excluding hydrogens is 219 g/mol. The first-order valence-corrected chi connectivity index (χ1v) is 4.93. The number of para-hydroxylation sites is 1. The Morgan fingerprint density at radius 2 is 2.06 bits per heavy atom. The van der Waals surface area contributed by atoms with Gasteiger partial charge in [-0.05, 0) is 20.0 Å². The van der Waals surface area contributed by atoms with E-state index >= 15 is 0 Å². The van der Waals surface area contributed by atoms with Gasteiger partial charge in [0.15, 0.2) is 11.6 Å². The second-order valence-electron chi connectivity index (χ2n) is 3.37. The van der Waals surface area contributed by atoms with Gasteiger partial charge >= 0.3 is 0 Å². The molecule has 0 aromatic heterocycles. The number of alkyl halides is 2. The summed E-state index contributed by atoms with van der Waals surface area (Å²) in [6.45, 7) is 0.994. The van der Waals surface area contributed by atoms with Gasteiger partial charge in [-0.3, -0.25) is 0 Å². The number of nitrogens with one attached hydrogen (secondary N) is 1. The van der Waals surface area contributed by atoms with E-state index in [-0.39, 0.29) is 11.8 Å². The zero-order valence-corrected chi connectivity index (χ0v) is 9.14. The lowest BCUT2D eigenvalue weighted by Gasteiger charge is -2.16. The van der Waals surface area contributed by atoms with Gasteiger partial charge in [-0.2, -0.15) is 0 Å². The summed E-state index contributed by atoms with van der Waals surface area (Å²) in [5.74, 6) is -0.732. The Bertz CT molecular complexity index is 344. The van der Waals surface area contributed by atoms with Crippen LogP contribution in [0, 0.1) is 5.82 Å². The molecular formula is C11H14F3NO. The Hall–Kier alpha value is -1.23. The molecule has 1 N–H and O–H groups in total. The molecule has 0 spiro atoms. The van der Waals surface area contributed by atoms with Gasteiger partial charge in [0.1, 0.15) is 6.61 Å². The van der Waals surface area contributed by atoms with Crippen LogP contribution >= 0.6 is 0 Å². The number of rotatable bonds is 5. The molecule has 0 aliphatic rings. The van der Waals surface area contributed by atoms with Crippen LogP contribution in [0.15, 0.2) is 18.2 Å². The minimum Gasteiger partial charge on any atom is -0.484 e. The van der Waals surface area contributed by atoms with E-state index in [4.69, 9.17) is 4.74 Å². The van der Waals surface area contributed by atoms with E-state index in [1.54, 1.807) is 20.0 Å². The lowest BCUT2D eigenvalue weighted by Crippen LogP contribution is -2.16. The van der Waals surface area contributed by atoms with Gasteiger partial charge in [-0.15, -0.1) is 0 Å². The fraction of sp³-hybridized carbons (Fsp3) is 0.455. The van der Waals surface area contributed by atoms with Crippen molar-refractivity contribution in [2.24, 2.45) is 0 Å². The monoisotopic (exact) mass is 233 g/mol. The summed E-state index contributed by atoms with van der Waals surface area (Å²) in [6.07, 6.45) is -2.61. The topological polar surface area (TPSA) is 21.3 Å². The van der Waals surface area contributed by atoms with Crippen molar-refractivity contribution in [1.82, 2.24) is 5.32 Å². The van der Waals surface area contributed by atoms with Crippen LogP contribution in [0.5, 0.6) is 5.75 Å². The third kappa shape index (κ3) is 3.13.